The molecule has 1 aliphatic rings. The Hall–Kier alpha value is -2.15. The van der Waals surface area contributed by atoms with Crippen LogP contribution in [0.1, 0.15) is 29.8 Å². The first-order chi connectivity index (χ1) is 11.8. The first-order valence-corrected chi connectivity index (χ1v) is 10.1. The predicted molar refractivity (Wildman–Crippen MR) is 97.9 cm³/mol. The van der Waals surface area contributed by atoms with E-state index in [1.807, 2.05) is 30.0 Å². The minimum Gasteiger partial charge on any atom is -0.462 e. The molecule has 1 aromatic carbocycles. The molecule has 0 radical (unpaired) electrons. The highest BCUT2D eigenvalue weighted by Gasteiger charge is 2.32. The second kappa shape index (κ2) is 6.63. The van der Waals surface area contributed by atoms with Gasteiger partial charge in [-0.1, -0.05) is 11.6 Å². The number of carbonyl (C=O) groups is 1. The number of carbonyl (C=O) groups excluding carboxylic acids is 1. The van der Waals surface area contributed by atoms with Crippen LogP contribution in [0.4, 0.5) is 5.69 Å². The second-order valence-corrected chi connectivity index (χ2v) is 8.92. The number of fused-ring (bicyclic) bond motifs is 1. The molecule has 0 N–H and O–H groups in total. The molecule has 2 heterocycles. The number of anilines is 1. The molecule has 134 valence electrons. The van der Waals surface area contributed by atoms with Crippen LogP contribution in [-0.2, 0) is 14.6 Å². The van der Waals surface area contributed by atoms with Crippen LogP contribution in [0.25, 0.3) is 10.9 Å². The fourth-order valence-electron chi connectivity index (χ4n) is 3.15. The van der Waals surface area contributed by atoms with Crippen LogP contribution >= 0.6 is 0 Å². The van der Waals surface area contributed by atoms with Gasteiger partial charge in [-0.2, -0.15) is 0 Å². The number of esters is 1. The molecule has 1 unspecified atom stereocenters. The molecule has 0 bridgehead atoms. The summed E-state index contributed by atoms with van der Waals surface area (Å²) in [6.07, 6.45) is 1.53. The van der Waals surface area contributed by atoms with E-state index in [1.165, 1.54) is 6.20 Å². The van der Waals surface area contributed by atoms with Gasteiger partial charge in [0.05, 0.1) is 28.8 Å². The Labute approximate surface area is 147 Å². The fraction of sp³-hybridized carbons (Fsp3) is 0.444. The number of hydrogen-bond acceptors (Lipinski definition) is 6. The lowest BCUT2D eigenvalue weighted by atomic mass is 10.1. The number of hydrogen-bond donors (Lipinski definition) is 0. The summed E-state index contributed by atoms with van der Waals surface area (Å²) in [6, 6.07) is 5.85. The Morgan fingerprint density at radius 1 is 1.40 bits per heavy atom. The van der Waals surface area contributed by atoms with Gasteiger partial charge in [-0.05, 0) is 32.9 Å². The molecule has 25 heavy (non-hydrogen) atoms. The third-order valence-electron chi connectivity index (χ3n) is 4.54. The number of benzene rings is 1. The lowest BCUT2D eigenvalue weighted by Gasteiger charge is -2.34. The molecule has 0 spiro atoms. The van der Waals surface area contributed by atoms with Crippen molar-refractivity contribution in [3.8, 4) is 0 Å². The van der Waals surface area contributed by atoms with E-state index in [9.17, 15) is 13.2 Å². The monoisotopic (exact) mass is 362 g/mol. The SMILES string of the molecule is CCOC(=O)c1cnc2ccc(C)cc2c1N1CCS(=O)(=O)C(C)C1. The lowest BCUT2D eigenvalue weighted by Crippen LogP contribution is -2.46. The predicted octanol–water partition coefficient (Wildman–Crippen LogP) is 2.34. The molecular formula is C18H22N2O4S. The first kappa shape index (κ1) is 17.7. The molecule has 1 aliphatic heterocycles. The molecule has 2 aromatic rings. The van der Waals surface area contributed by atoms with E-state index in [-0.39, 0.29) is 12.4 Å². The first-order valence-electron chi connectivity index (χ1n) is 8.36. The highest BCUT2D eigenvalue weighted by Crippen LogP contribution is 2.33. The van der Waals surface area contributed by atoms with E-state index in [4.69, 9.17) is 4.74 Å². The van der Waals surface area contributed by atoms with Crippen molar-refractivity contribution in [2.75, 3.05) is 30.3 Å². The maximum absolute atomic E-state index is 12.4. The summed E-state index contributed by atoms with van der Waals surface area (Å²) in [5.41, 5.74) is 2.92. The summed E-state index contributed by atoms with van der Waals surface area (Å²) in [5.74, 6) is -0.360. The topological polar surface area (TPSA) is 76.6 Å². The van der Waals surface area contributed by atoms with Crippen LogP contribution in [0.3, 0.4) is 0 Å². The average molecular weight is 362 g/mol. The minimum atomic E-state index is -3.08. The molecule has 6 nitrogen and oxygen atoms in total. The molecule has 0 aliphatic carbocycles. The van der Waals surface area contributed by atoms with Crippen LogP contribution in [0.2, 0.25) is 0 Å². The largest absolute Gasteiger partial charge is 0.462 e. The Kier molecular flexibility index (Phi) is 4.69. The zero-order chi connectivity index (χ0) is 18.2. The van der Waals surface area contributed by atoms with Gasteiger partial charge in [-0.25, -0.2) is 13.2 Å². The number of sulfone groups is 1. The van der Waals surface area contributed by atoms with Crippen LogP contribution in [0.5, 0.6) is 0 Å². The molecule has 1 saturated heterocycles. The van der Waals surface area contributed by atoms with E-state index in [0.717, 1.165) is 16.5 Å². The number of rotatable bonds is 3. The third-order valence-corrected chi connectivity index (χ3v) is 6.67. The summed E-state index contributed by atoms with van der Waals surface area (Å²) in [6.45, 7) is 6.41. The van der Waals surface area contributed by atoms with Crippen molar-refractivity contribution in [3.63, 3.8) is 0 Å². The summed E-state index contributed by atoms with van der Waals surface area (Å²) in [4.78, 5) is 18.8. The van der Waals surface area contributed by atoms with Crippen LogP contribution in [0, 0.1) is 6.92 Å². The normalized spacial score (nSPS) is 19.8. The quantitative estimate of drug-likeness (QED) is 0.780. The third kappa shape index (κ3) is 3.33. The Bertz CT molecular complexity index is 924. The van der Waals surface area contributed by atoms with Crippen molar-refractivity contribution in [2.24, 2.45) is 0 Å². The van der Waals surface area contributed by atoms with Gasteiger partial charge in [-0.15, -0.1) is 0 Å². The van der Waals surface area contributed by atoms with Gasteiger partial charge in [0.2, 0.25) is 0 Å². The summed E-state index contributed by atoms with van der Waals surface area (Å²) in [5, 5.41) is 0.362. The molecular weight excluding hydrogens is 340 g/mol. The average Bonchev–Trinajstić information content (AvgIpc) is 2.56. The number of aromatic nitrogens is 1. The molecule has 3 rings (SSSR count). The van der Waals surface area contributed by atoms with E-state index in [1.54, 1.807) is 13.8 Å². The van der Waals surface area contributed by atoms with Gasteiger partial charge in [0.25, 0.3) is 0 Å². The van der Waals surface area contributed by atoms with Gasteiger partial charge in [0.15, 0.2) is 9.84 Å². The highest BCUT2D eigenvalue weighted by molar-refractivity contribution is 7.92. The Morgan fingerprint density at radius 3 is 2.84 bits per heavy atom. The zero-order valence-corrected chi connectivity index (χ0v) is 15.5. The van der Waals surface area contributed by atoms with Crippen molar-refractivity contribution < 1.29 is 17.9 Å². The standard InChI is InChI=1S/C18H22N2O4S/c1-4-24-18(21)15-10-19-16-6-5-12(2)9-14(16)17(15)20-7-8-25(22,23)13(3)11-20/h5-6,9-10,13H,4,7-8,11H2,1-3H3. The van der Waals surface area contributed by atoms with Crippen molar-refractivity contribution in [3.05, 3.63) is 35.5 Å². The lowest BCUT2D eigenvalue weighted by molar-refractivity contribution is 0.0527. The molecule has 1 atom stereocenters. The van der Waals surface area contributed by atoms with E-state index in [2.05, 4.69) is 4.98 Å². The Balaban J connectivity index is 2.17. The van der Waals surface area contributed by atoms with E-state index in [0.29, 0.717) is 24.3 Å². The van der Waals surface area contributed by atoms with Gasteiger partial charge in [0, 0.05) is 24.7 Å². The van der Waals surface area contributed by atoms with Crippen molar-refractivity contribution >= 4 is 32.4 Å². The smallest absolute Gasteiger partial charge is 0.341 e. The number of pyridine rings is 1. The van der Waals surface area contributed by atoms with Gasteiger partial charge >= 0.3 is 5.97 Å². The van der Waals surface area contributed by atoms with Gasteiger partial charge in [0.1, 0.15) is 5.56 Å². The van der Waals surface area contributed by atoms with Gasteiger partial charge in [-0.3, -0.25) is 4.98 Å². The molecule has 1 fully saturated rings. The van der Waals surface area contributed by atoms with Crippen molar-refractivity contribution in [2.45, 2.75) is 26.0 Å². The fourth-order valence-corrected chi connectivity index (χ4v) is 4.43. The van der Waals surface area contributed by atoms with Crippen LogP contribution in [-0.4, -0.2) is 50.1 Å². The van der Waals surface area contributed by atoms with Gasteiger partial charge < -0.3 is 9.64 Å². The minimum absolute atomic E-state index is 0.0755. The maximum Gasteiger partial charge on any atom is 0.341 e. The molecule has 0 saturated carbocycles. The molecule has 1 aromatic heterocycles. The summed E-state index contributed by atoms with van der Waals surface area (Å²) >= 11 is 0. The maximum atomic E-state index is 12.4. The second-order valence-electron chi connectivity index (χ2n) is 6.39. The Morgan fingerprint density at radius 2 is 2.16 bits per heavy atom. The molecule has 7 heteroatoms. The number of aryl methyl sites for hydroxylation is 1. The van der Waals surface area contributed by atoms with E-state index >= 15 is 0 Å². The highest BCUT2D eigenvalue weighted by atomic mass is 32.2. The van der Waals surface area contributed by atoms with Crippen LogP contribution < -0.4 is 4.90 Å². The summed E-state index contributed by atoms with van der Waals surface area (Å²) < 4.78 is 29.3. The zero-order valence-electron chi connectivity index (χ0n) is 14.7. The van der Waals surface area contributed by atoms with Crippen molar-refractivity contribution in [1.82, 2.24) is 4.98 Å². The van der Waals surface area contributed by atoms with Crippen LogP contribution in [0.15, 0.2) is 24.4 Å². The number of nitrogens with zero attached hydrogens (tertiary/aromatic N) is 2. The number of ether oxygens (including phenoxy) is 1. The summed E-state index contributed by atoms with van der Waals surface area (Å²) in [7, 11) is -3.08. The molecule has 0 amide bonds. The van der Waals surface area contributed by atoms with E-state index < -0.39 is 21.1 Å². The van der Waals surface area contributed by atoms with Crippen molar-refractivity contribution in [1.29, 1.82) is 0 Å².